The predicted molar refractivity (Wildman–Crippen MR) is 80.9 cm³/mol. The zero-order chi connectivity index (χ0) is 14.2. The Morgan fingerprint density at radius 3 is 2.50 bits per heavy atom. The van der Waals surface area contributed by atoms with E-state index in [0.717, 1.165) is 18.7 Å². The van der Waals surface area contributed by atoms with Gasteiger partial charge < -0.3 is 10.6 Å². The van der Waals surface area contributed by atoms with Crippen LogP contribution in [0.3, 0.4) is 0 Å². The number of amides is 1. The Balaban J connectivity index is 1.66. The first-order valence-electron chi connectivity index (χ1n) is 6.39. The van der Waals surface area contributed by atoms with Crippen LogP contribution in [0, 0.1) is 0 Å². The van der Waals surface area contributed by atoms with Crippen LogP contribution in [0.25, 0.3) is 0 Å². The lowest BCUT2D eigenvalue weighted by Gasteiger charge is -2.07. The molecule has 5 heteroatoms. The molecule has 0 saturated carbocycles. The van der Waals surface area contributed by atoms with Gasteiger partial charge in [-0.25, -0.2) is 0 Å². The summed E-state index contributed by atoms with van der Waals surface area (Å²) in [4.78, 5) is 15.7. The third-order valence-electron chi connectivity index (χ3n) is 2.75. The summed E-state index contributed by atoms with van der Waals surface area (Å²) in [5.74, 6) is -0.0675. The van der Waals surface area contributed by atoms with E-state index >= 15 is 0 Å². The van der Waals surface area contributed by atoms with Crippen LogP contribution in [0.2, 0.25) is 5.02 Å². The Hall–Kier alpha value is -1.91. The van der Waals surface area contributed by atoms with Gasteiger partial charge in [-0.1, -0.05) is 11.6 Å². The van der Waals surface area contributed by atoms with Crippen LogP contribution < -0.4 is 10.6 Å². The fourth-order valence-electron chi connectivity index (χ4n) is 1.72. The second-order valence-electron chi connectivity index (χ2n) is 4.34. The van der Waals surface area contributed by atoms with Gasteiger partial charge in [0.15, 0.2) is 0 Å². The van der Waals surface area contributed by atoms with Crippen LogP contribution in [0.4, 0.5) is 5.69 Å². The Labute approximate surface area is 123 Å². The molecule has 0 saturated heterocycles. The van der Waals surface area contributed by atoms with E-state index in [1.165, 1.54) is 5.56 Å². The third-order valence-corrected chi connectivity index (χ3v) is 3.01. The second-order valence-corrected chi connectivity index (χ2v) is 4.77. The molecule has 1 heterocycles. The number of hydrogen-bond acceptors (Lipinski definition) is 3. The van der Waals surface area contributed by atoms with Gasteiger partial charge in [0.2, 0.25) is 5.91 Å². The third kappa shape index (κ3) is 4.99. The van der Waals surface area contributed by atoms with Gasteiger partial charge in [-0.2, -0.15) is 0 Å². The van der Waals surface area contributed by atoms with Gasteiger partial charge in [-0.05, 0) is 54.9 Å². The van der Waals surface area contributed by atoms with Gasteiger partial charge in [0.1, 0.15) is 0 Å². The molecule has 0 aliphatic carbocycles. The highest BCUT2D eigenvalue weighted by Crippen LogP contribution is 2.12. The molecule has 0 spiro atoms. The molecule has 0 unspecified atom stereocenters. The van der Waals surface area contributed by atoms with E-state index in [4.69, 9.17) is 11.6 Å². The van der Waals surface area contributed by atoms with Crippen molar-refractivity contribution in [3.8, 4) is 0 Å². The molecule has 0 aliphatic rings. The molecule has 2 rings (SSSR count). The van der Waals surface area contributed by atoms with Crippen LogP contribution in [0.15, 0.2) is 48.8 Å². The molecule has 0 aliphatic heterocycles. The zero-order valence-corrected chi connectivity index (χ0v) is 11.7. The van der Waals surface area contributed by atoms with E-state index in [0.29, 0.717) is 5.02 Å². The largest absolute Gasteiger partial charge is 0.325 e. The second kappa shape index (κ2) is 7.62. The maximum Gasteiger partial charge on any atom is 0.238 e. The van der Waals surface area contributed by atoms with Crippen LogP contribution in [-0.4, -0.2) is 24.0 Å². The first-order valence-corrected chi connectivity index (χ1v) is 6.77. The zero-order valence-electron chi connectivity index (χ0n) is 11.0. The van der Waals surface area contributed by atoms with Crippen molar-refractivity contribution >= 4 is 23.2 Å². The van der Waals surface area contributed by atoms with Gasteiger partial charge in [0.25, 0.3) is 0 Å². The highest BCUT2D eigenvalue weighted by molar-refractivity contribution is 6.30. The molecular weight excluding hydrogens is 274 g/mol. The molecule has 0 bridgehead atoms. The first kappa shape index (κ1) is 14.5. The number of hydrogen-bond donors (Lipinski definition) is 2. The lowest BCUT2D eigenvalue weighted by Crippen LogP contribution is -2.29. The average Bonchev–Trinajstić information content (AvgIpc) is 2.47. The van der Waals surface area contributed by atoms with Crippen molar-refractivity contribution in [1.29, 1.82) is 0 Å². The topological polar surface area (TPSA) is 54.0 Å². The summed E-state index contributed by atoms with van der Waals surface area (Å²) in [6.45, 7) is 1.03. The minimum atomic E-state index is -0.0675. The molecule has 1 amide bonds. The van der Waals surface area contributed by atoms with Crippen LogP contribution in [-0.2, 0) is 11.2 Å². The van der Waals surface area contributed by atoms with Crippen LogP contribution in [0.1, 0.15) is 5.56 Å². The predicted octanol–water partition coefficient (Wildman–Crippen LogP) is 2.51. The average molecular weight is 290 g/mol. The lowest BCUT2D eigenvalue weighted by atomic mass is 10.2. The number of nitrogens with one attached hydrogen (secondary N) is 2. The summed E-state index contributed by atoms with van der Waals surface area (Å²) in [6.07, 6.45) is 4.40. The summed E-state index contributed by atoms with van der Waals surface area (Å²) in [5.41, 5.74) is 1.95. The quantitative estimate of drug-likeness (QED) is 0.804. The lowest BCUT2D eigenvalue weighted by molar-refractivity contribution is -0.115. The number of benzene rings is 1. The number of aromatic nitrogens is 1. The van der Waals surface area contributed by atoms with Gasteiger partial charge in [0.05, 0.1) is 6.54 Å². The van der Waals surface area contributed by atoms with Crippen molar-refractivity contribution in [3.05, 3.63) is 59.4 Å². The summed E-state index contributed by atoms with van der Waals surface area (Å²) >= 11 is 5.78. The minimum absolute atomic E-state index is 0.0675. The van der Waals surface area contributed by atoms with Crippen molar-refractivity contribution < 1.29 is 4.79 Å². The number of carbonyl (C=O) groups excluding carboxylic acids is 1. The number of nitrogens with zero attached hydrogens (tertiary/aromatic N) is 1. The van der Waals surface area contributed by atoms with Gasteiger partial charge in [0, 0.05) is 23.1 Å². The summed E-state index contributed by atoms with van der Waals surface area (Å²) in [7, 11) is 0. The smallest absolute Gasteiger partial charge is 0.238 e. The van der Waals surface area contributed by atoms with Crippen molar-refractivity contribution in [3.63, 3.8) is 0 Å². The first-order chi connectivity index (χ1) is 9.74. The summed E-state index contributed by atoms with van der Waals surface area (Å²) in [6, 6.07) is 11.0. The fraction of sp³-hybridized carbons (Fsp3) is 0.200. The molecule has 20 heavy (non-hydrogen) atoms. The van der Waals surface area contributed by atoms with E-state index < -0.39 is 0 Å². The Kier molecular flexibility index (Phi) is 5.53. The molecule has 1 aromatic heterocycles. The maximum absolute atomic E-state index is 11.7. The van der Waals surface area contributed by atoms with E-state index in [2.05, 4.69) is 15.6 Å². The monoisotopic (exact) mass is 289 g/mol. The van der Waals surface area contributed by atoms with Crippen LogP contribution >= 0.6 is 11.6 Å². The number of pyridine rings is 1. The Morgan fingerprint density at radius 1 is 1.10 bits per heavy atom. The molecule has 0 fully saturated rings. The molecule has 0 radical (unpaired) electrons. The van der Waals surface area contributed by atoms with Gasteiger partial charge in [-0.3, -0.25) is 9.78 Å². The Morgan fingerprint density at radius 2 is 1.80 bits per heavy atom. The highest BCUT2D eigenvalue weighted by Gasteiger charge is 2.01. The molecule has 0 atom stereocenters. The van der Waals surface area contributed by atoms with Gasteiger partial charge in [-0.15, -0.1) is 0 Å². The van der Waals surface area contributed by atoms with Crippen molar-refractivity contribution in [2.75, 3.05) is 18.4 Å². The molecule has 2 N–H and O–H groups in total. The summed E-state index contributed by atoms with van der Waals surface area (Å²) in [5, 5.41) is 6.56. The summed E-state index contributed by atoms with van der Waals surface area (Å²) < 4.78 is 0. The number of carbonyl (C=O) groups is 1. The van der Waals surface area contributed by atoms with E-state index in [1.54, 1.807) is 36.7 Å². The van der Waals surface area contributed by atoms with E-state index in [9.17, 15) is 4.79 Å². The van der Waals surface area contributed by atoms with Gasteiger partial charge >= 0.3 is 0 Å². The van der Waals surface area contributed by atoms with E-state index in [1.807, 2.05) is 12.1 Å². The van der Waals surface area contributed by atoms with Crippen LogP contribution in [0.5, 0.6) is 0 Å². The molecule has 2 aromatic rings. The normalized spacial score (nSPS) is 10.2. The van der Waals surface area contributed by atoms with Crippen molar-refractivity contribution in [2.45, 2.75) is 6.42 Å². The fourth-order valence-corrected chi connectivity index (χ4v) is 1.85. The Bertz CT molecular complexity index is 543. The SMILES string of the molecule is O=C(CNCCc1ccncc1)Nc1ccc(Cl)cc1. The standard InChI is InChI=1S/C15H16ClN3O/c16-13-1-3-14(4-2-13)19-15(20)11-18-10-7-12-5-8-17-9-6-12/h1-6,8-9,18H,7,10-11H2,(H,19,20). The van der Waals surface area contributed by atoms with Crippen molar-refractivity contribution in [1.82, 2.24) is 10.3 Å². The number of halogens is 1. The molecule has 1 aromatic carbocycles. The van der Waals surface area contributed by atoms with Crippen molar-refractivity contribution in [2.24, 2.45) is 0 Å². The number of anilines is 1. The molecular formula is C15H16ClN3O. The highest BCUT2D eigenvalue weighted by atomic mass is 35.5. The molecule has 4 nitrogen and oxygen atoms in total. The van der Waals surface area contributed by atoms with E-state index in [-0.39, 0.29) is 12.5 Å². The maximum atomic E-state index is 11.7. The number of rotatable bonds is 6. The minimum Gasteiger partial charge on any atom is -0.325 e. The molecule has 104 valence electrons.